The number of methoxy groups -OCH3 is 1. The third-order valence-electron chi connectivity index (χ3n) is 1.42. The molecule has 0 aliphatic rings. The molecule has 1 N–H and O–H groups in total. The Bertz CT molecular complexity index is 259. The molecule has 7 heteroatoms. The van der Waals surface area contributed by atoms with Crippen LogP contribution in [0.25, 0.3) is 0 Å². The lowest BCUT2D eigenvalue weighted by atomic mass is 10.6. The normalized spacial score (nSPS) is 10.4. The van der Waals surface area contributed by atoms with Gasteiger partial charge in [-0.25, -0.2) is 0 Å². The molecule has 0 aromatic carbocycles. The van der Waals surface area contributed by atoms with Crippen molar-refractivity contribution in [3.05, 3.63) is 5.15 Å². The fraction of sp³-hybridized carbons (Fsp3) is 0.714. The number of rotatable bonds is 7. The van der Waals surface area contributed by atoms with Gasteiger partial charge in [0.2, 0.25) is 0 Å². The maximum absolute atomic E-state index is 5.72. The van der Waals surface area contributed by atoms with Crippen LogP contribution in [-0.2, 0) is 9.47 Å². The van der Waals surface area contributed by atoms with E-state index >= 15 is 0 Å². The van der Waals surface area contributed by atoms with E-state index in [1.807, 2.05) is 0 Å². The molecule has 14 heavy (non-hydrogen) atoms. The summed E-state index contributed by atoms with van der Waals surface area (Å²) in [5, 5.41) is 3.42. The summed E-state index contributed by atoms with van der Waals surface area (Å²) in [5.41, 5.74) is 0. The molecule has 0 aliphatic heterocycles. The second-order valence-electron chi connectivity index (χ2n) is 2.44. The van der Waals surface area contributed by atoms with E-state index < -0.39 is 0 Å². The second-order valence-corrected chi connectivity index (χ2v) is 3.32. The Morgan fingerprint density at radius 2 is 2.21 bits per heavy atom. The second kappa shape index (κ2) is 6.94. The Morgan fingerprint density at radius 3 is 2.86 bits per heavy atom. The van der Waals surface area contributed by atoms with Gasteiger partial charge in [0.05, 0.1) is 31.5 Å². The van der Waals surface area contributed by atoms with Crippen molar-refractivity contribution in [3.63, 3.8) is 0 Å². The molecule has 0 radical (unpaired) electrons. The smallest absolute Gasteiger partial charge is 0.186 e. The van der Waals surface area contributed by atoms with Gasteiger partial charge in [0, 0.05) is 13.7 Å². The monoisotopic (exact) mass is 237 g/mol. The number of nitrogens with zero attached hydrogens (tertiary/aromatic N) is 2. The standard InChI is InChI=1S/C7H12ClN3O2S/c1-12-4-5-13-3-2-9-7-6(8)10-14-11-7/h2-5H2,1H3,(H,9,11). The molecule has 1 aromatic heterocycles. The van der Waals surface area contributed by atoms with Crippen LogP contribution >= 0.6 is 23.3 Å². The van der Waals surface area contributed by atoms with Gasteiger partial charge >= 0.3 is 0 Å². The summed E-state index contributed by atoms with van der Waals surface area (Å²) in [6.07, 6.45) is 0. The fourth-order valence-electron chi connectivity index (χ4n) is 0.769. The summed E-state index contributed by atoms with van der Waals surface area (Å²) in [6.45, 7) is 2.46. The highest BCUT2D eigenvalue weighted by Gasteiger charge is 2.02. The van der Waals surface area contributed by atoms with E-state index in [4.69, 9.17) is 21.1 Å². The van der Waals surface area contributed by atoms with Gasteiger partial charge in [0.1, 0.15) is 0 Å². The van der Waals surface area contributed by atoms with Gasteiger partial charge in [-0.1, -0.05) is 11.6 Å². The molecular formula is C7H12ClN3O2S. The van der Waals surface area contributed by atoms with Gasteiger partial charge in [-0.05, 0) is 0 Å². The minimum absolute atomic E-state index is 0.409. The van der Waals surface area contributed by atoms with Crippen LogP contribution in [0.15, 0.2) is 0 Å². The first-order chi connectivity index (χ1) is 6.84. The predicted octanol–water partition coefficient (Wildman–Crippen LogP) is 1.27. The molecule has 0 amide bonds. The van der Waals surface area contributed by atoms with Crippen LogP contribution in [0.1, 0.15) is 0 Å². The van der Waals surface area contributed by atoms with Crippen molar-refractivity contribution in [3.8, 4) is 0 Å². The Hall–Kier alpha value is -0.430. The predicted molar refractivity (Wildman–Crippen MR) is 56.1 cm³/mol. The van der Waals surface area contributed by atoms with Crippen molar-refractivity contribution in [2.75, 3.05) is 38.8 Å². The highest BCUT2D eigenvalue weighted by molar-refractivity contribution is 6.99. The van der Waals surface area contributed by atoms with Crippen LogP contribution in [0.3, 0.4) is 0 Å². The van der Waals surface area contributed by atoms with Crippen LogP contribution in [0.5, 0.6) is 0 Å². The average molecular weight is 238 g/mol. The number of halogens is 1. The summed E-state index contributed by atoms with van der Waals surface area (Å²) >= 11 is 6.80. The molecule has 1 heterocycles. The molecule has 5 nitrogen and oxygen atoms in total. The minimum atomic E-state index is 0.409. The number of aromatic nitrogens is 2. The molecule has 0 saturated carbocycles. The lowest BCUT2D eigenvalue weighted by molar-refractivity contribution is 0.0759. The lowest BCUT2D eigenvalue weighted by Gasteiger charge is -2.04. The Labute approximate surface area is 91.7 Å². The molecule has 0 spiro atoms. The van der Waals surface area contributed by atoms with E-state index in [1.54, 1.807) is 7.11 Å². The summed E-state index contributed by atoms with van der Waals surface area (Å²) in [5.74, 6) is 0.618. The van der Waals surface area contributed by atoms with Crippen LogP contribution < -0.4 is 5.32 Å². The van der Waals surface area contributed by atoms with Crippen molar-refractivity contribution < 1.29 is 9.47 Å². The lowest BCUT2D eigenvalue weighted by Crippen LogP contribution is -2.12. The van der Waals surface area contributed by atoms with E-state index in [2.05, 4.69) is 14.1 Å². The first kappa shape index (κ1) is 11.6. The highest BCUT2D eigenvalue weighted by Crippen LogP contribution is 2.16. The topological polar surface area (TPSA) is 56.3 Å². The van der Waals surface area contributed by atoms with Crippen LogP contribution in [0, 0.1) is 0 Å². The third-order valence-corrected chi connectivity index (χ3v) is 2.31. The van der Waals surface area contributed by atoms with Gasteiger partial charge in [-0.2, -0.15) is 8.75 Å². The van der Waals surface area contributed by atoms with Crippen molar-refractivity contribution in [2.45, 2.75) is 0 Å². The zero-order chi connectivity index (χ0) is 10.2. The maximum Gasteiger partial charge on any atom is 0.186 e. The zero-order valence-corrected chi connectivity index (χ0v) is 9.40. The number of nitrogens with one attached hydrogen (secondary N) is 1. The van der Waals surface area contributed by atoms with Gasteiger partial charge in [0.25, 0.3) is 0 Å². The summed E-state index contributed by atoms with van der Waals surface area (Å²) in [7, 11) is 1.64. The fourth-order valence-corrected chi connectivity index (χ4v) is 1.45. The first-order valence-corrected chi connectivity index (χ1v) is 5.24. The van der Waals surface area contributed by atoms with Crippen molar-refractivity contribution in [2.24, 2.45) is 0 Å². The average Bonchev–Trinajstić information content (AvgIpc) is 2.58. The molecule has 0 atom stereocenters. The van der Waals surface area contributed by atoms with Crippen molar-refractivity contribution in [1.29, 1.82) is 0 Å². The van der Waals surface area contributed by atoms with Gasteiger partial charge < -0.3 is 14.8 Å². The number of ether oxygens (including phenoxy) is 2. The quantitative estimate of drug-likeness (QED) is 0.724. The van der Waals surface area contributed by atoms with Gasteiger partial charge in [0.15, 0.2) is 11.0 Å². The Kier molecular flexibility index (Phi) is 5.77. The third kappa shape index (κ3) is 4.19. The van der Waals surface area contributed by atoms with E-state index in [9.17, 15) is 0 Å². The molecule has 0 saturated heterocycles. The van der Waals surface area contributed by atoms with Crippen molar-refractivity contribution in [1.82, 2.24) is 8.75 Å². The van der Waals surface area contributed by atoms with Gasteiger partial charge in [-0.3, -0.25) is 0 Å². The molecule has 0 aliphatic carbocycles. The Morgan fingerprint density at radius 1 is 1.36 bits per heavy atom. The summed E-state index contributed by atoms with van der Waals surface area (Å²) < 4.78 is 17.8. The number of anilines is 1. The highest BCUT2D eigenvalue weighted by atomic mass is 35.5. The zero-order valence-electron chi connectivity index (χ0n) is 7.83. The maximum atomic E-state index is 5.72. The molecule has 0 unspecified atom stereocenters. The number of hydrogen-bond acceptors (Lipinski definition) is 6. The van der Waals surface area contributed by atoms with E-state index in [0.29, 0.717) is 37.3 Å². The molecule has 0 fully saturated rings. The molecule has 1 rings (SSSR count). The summed E-state index contributed by atoms with van der Waals surface area (Å²) in [6, 6.07) is 0. The SMILES string of the molecule is COCCOCCNc1nsnc1Cl. The van der Waals surface area contributed by atoms with Crippen LogP contribution in [0.4, 0.5) is 5.82 Å². The van der Waals surface area contributed by atoms with E-state index in [-0.39, 0.29) is 0 Å². The number of hydrogen-bond donors (Lipinski definition) is 1. The van der Waals surface area contributed by atoms with E-state index in [0.717, 1.165) is 11.7 Å². The first-order valence-electron chi connectivity index (χ1n) is 4.13. The van der Waals surface area contributed by atoms with Crippen molar-refractivity contribution >= 4 is 29.1 Å². The molecule has 1 aromatic rings. The van der Waals surface area contributed by atoms with E-state index in [1.165, 1.54) is 0 Å². The minimum Gasteiger partial charge on any atom is -0.382 e. The van der Waals surface area contributed by atoms with Gasteiger partial charge in [-0.15, -0.1) is 0 Å². The molecule has 0 bridgehead atoms. The molecular weight excluding hydrogens is 226 g/mol. The summed E-state index contributed by atoms with van der Waals surface area (Å²) in [4.78, 5) is 0. The van der Waals surface area contributed by atoms with Crippen LogP contribution in [-0.4, -0.2) is 42.2 Å². The largest absolute Gasteiger partial charge is 0.382 e. The Balaban J connectivity index is 2.02. The molecule has 80 valence electrons. The van der Waals surface area contributed by atoms with Crippen LogP contribution in [0.2, 0.25) is 5.15 Å².